The smallest absolute Gasteiger partial charge is 0.331 e. The first-order chi connectivity index (χ1) is 16.3. The van der Waals surface area contributed by atoms with Crippen molar-refractivity contribution in [3.63, 3.8) is 0 Å². The number of nitrogens with one attached hydrogen (secondary N) is 1. The summed E-state index contributed by atoms with van der Waals surface area (Å²) in [4.78, 5) is 12.2. The van der Waals surface area contributed by atoms with E-state index in [1.165, 1.54) is 18.4 Å². The summed E-state index contributed by atoms with van der Waals surface area (Å²) in [6.45, 7) is 7.52. The molecule has 0 aromatic heterocycles. The molecule has 2 aromatic carbocycles. The van der Waals surface area contributed by atoms with E-state index in [9.17, 15) is 9.90 Å². The van der Waals surface area contributed by atoms with E-state index in [2.05, 4.69) is 38.2 Å². The first-order valence-electron chi connectivity index (χ1n) is 12.3. The van der Waals surface area contributed by atoms with E-state index in [1.54, 1.807) is 7.11 Å². The highest BCUT2D eigenvalue weighted by Gasteiger charge is 2.40. The second-order valence-electron chi connectivity index (χ2n) is 9.78. The van der Waals surface area contributed by atoms with Gasteiger partial charge in [-0.25, -0.2) is 4.79 Å². The molecule has 1 heterocycles. The number of carbonyl (C=O) groups is 1. The summed E-state index contributed by atoms with van der Waals surface area (Å²) in [6.07, 6.45) is 6.17. The SMILES string of the molecule is COc1c(C)c(C)cc(-c2ccc(NC3(C(=O)O)CCCOC3)cc2COC2CCCC2)c1C. The quantitative estimate of drug-likeness (QED) is 0.512. The molecule has 184 valence electrons. The second kappa shape index (κ2) is 10.4. The van der Waals surface area contributed by atoms with E-state index in [1.807, 2.05) is 12.1 Å². The van der Waals surface area contributed by atoms with Gasteiger partial charge in [-0.15, -0.1) is 0 Å². The van der Waals surface area contributed by atoms with Gasteiger partial charge < -0.3 is 24.6 Å². The lowest BCUT2D eigenvalue weighted by molar-refractivity contribution is -0.146. The van der Waals surface area contributed by atoms with Crippen LogP contribution < -0.4 is 10.1 Å². The number of anilines is 1. The van der Waals surface area contributed by atoms with Gasteiger partial charge in [0.15, 0.2) is 5.54 Å². The zero-order valence-electron chi connectivity index (χ0n) is 20.8. The molecule has 6 nitrogen and oxygen atoms in total. The summed E-state index contributed by atoms with van der Waals surface area (Å²) in [5, 5.41) is 13.3. The van der Waals surface area contributed by atoms with Crippen LogP contribution in [0, 0.1) is 20.8 Å². The molecule has 0 spiro atoms. The Morgan fingerprint density at radius 1 is 1.12 bits per heavy atom. The van der Waals surface area contributed by atoms with Gasteiger partial charge in [0.1, 0.15) is 5.75 Å². The maximum Gasteiger partial charge on any atom is 0.331 e. The fourth-order valence-corrected chi connectivity index (χ4v) is 5.31. The van der Waals surface area contributed by atoms with Crippen LogP contribution in [0.3, 0.4) is 0 Å². The number of hydrogen-bond donors (Lipinski definition) is 2. The van der Waals surface area contributed by atoms with Gasteiger partial charge in [0.25, 0.3) is 0 Å². The van der Waals surface area contributed by atoms with Crippen molar-refractivity contribution in [3.05, 3.63) is 46.5 Å². The van der Waals surface area contributed by atoms with Gasteiger partial charge in [-0.05, 0) is 92.0 Å². The van der Waals surface area contributed by atoms with Gasteiger partial charge >= 0.3 is 5.97 Å². The number of rotatable bonds is 8. The molecule has 0 amide bonds. The van der Waals surface area contributed by atoms with Crippen LogP contribution in [0.2, 0.25) is 0 Å². The summed E-state index contributed by atoms with van der Waals surface area (Å²) in [5.41, 5.74) is 6.33. The molecule has 1 aliphatic carbocycles. The van der Waals surface area contributed by atoms with Crippen LogP contribution >= 0.6 is 0 Å². The van der Waals surface area contributed by atoms with Gasteiger partial charge in [0.2, 0.25) is 0 Å². The predicted octanol–water partition coefficient (Wildman–Crippen LogP) is 5.79. The summed E-state index contributed by atoms with van der Waals surface area (Å²) >= 11 is 0. The number of benzene rings is 2. The lowest BCUT2D eigenvalue weighted by Crippen LogP contribution is -2.52. The first kappa shape index (κ1) is 24.6. The average molecular weight is 468 g/mol. The average Bonchev–Trinajstić information content (AvgIpc) is 3.35. The molecule has 2 aromatic rings. The Kier molecular flexibility index (Phi) is 7.48. The molecule has 6 heteroatoms. The monoisotopic (exact) mass is 467 g/mol. The van der Waals surface area contributed by atoms with Crippen LogP contribution in [0.1, 0.15) is 60.8 Å². The van der Waals surface area contributed by atoms with E-state index in [4.69, 9.17) is 14.2 Å². The highest BCUT2D eigenvalue weighted by molar-refractivity contribution is 5.84. The fourth-order valence-electron chi connectivity index (χ4n) is 5.31. The molecule has 1 unspecified atom stereocenters. The Labute approximate surface area is 202 Å². The van der Waals surface area contributed by atoms with Gasteiger partial charge in [-0.3, -0.25) is 0 Å². The Hall–Kier alpha value is -2.57. The lowest BCUT2D eigenvalue weighted by atomic mass is 9.90. The van der Waals surface area contributed by atoms with Gasteiger partial charge in [-0.1, -0.05) is 25.0 Å². The Morgan fingerprint density at radius 2 is 1.88 bits per heavy atom. The molecular formula is C28H37NO5. The topological polar surface area (TPSA) is 77.0 Å². The number of methoxy groups -OCH3 is 1. The lowest BCUT2D eigenvalue weighted by Gasteiger charge is -2.35. The molecule has 0 bridgehead atoms. The summed E-state index contributed by atoms with van der Waals surface area (Å²) in [7, 11) is 1.72. The molecule has 0 radical (unpaired) electrons. The van der Waals surface area contributed by atoms with E-state index in [0.29, 0.717) is 19.6 Å². The first-order valence-corrected chi connectivity index (χ1v) is 12.3. The molecule has 1 aliphatic heterocycles. The van der Waals surface area contributed by atoms with Crippen molar-refractivity contribution in [2.24, 2.45) is 0 Å². The number of hydrogen-bond acceptors (Lipinski definition) is 5. The zero-order valence-corrected chi connectivity index (χ0v) is 20.8. The van der Waals surface area contributed by atoms with Gasteiger partial charge in [0, 0.05) is 12.3 Å². The molecule has 4 rings (SSSR count). The number of carboxylic acid groups (broad SMARTS) is 1. The largest absolute Gasteiger partial charge is 0.496 e. The predicted molar refractivity (Wildman–Crippen MR) is 134 cm³/mol. The van der Waals surface area contributed by atoms with Crippen LogP contribution in [0.4, 0.5) is 5.69 Å². The molecule has 2 fully saturated rings. The normalized spacial score (nSPS) is 20.9. The van der Waals surface area contributed by atoms with Crippen molar-refractivity contribution in [2.45, 2.75) is 77.5 Å². The molecule has 2 N–H and O–H groups in total. The van der Waals surface area contributed by atoms with E-state index >= 15 is 0 Å². The zero-order chi connectivity index (χ0) is 24.3. The van der Waals surface area contributed by atoms with Crippen LogP contribution in [-0.4, -0.2) is 43.0 Å². The van der Waals surface area contributed by atoms with Crippen molar-refractivity contribution in [1.29, 1.82) is 0 Å². The minimum atomic E-state index is -1.11. The summed E-state index contributed by atoms with van der Waals surface area (Å²) < 4.78 is 17.6. The van der Waals surface area contributed by atoms with E-state index in [-0.39, 0.29) is 12.7 Å². The van der Waals surface area contributed by atoms with Crippen LogP contribution in [0.5, 0.6) is 5.75 Å². The molecule has 2 aliphatic rings. The van der Waals surface area contributed by atoms with Crippen molar-refractivity contribution < 1.29 is 24.1 Å². The Balaban J connectivity index is 1.73. The summed E-state index contributed by atoms with van der Waals surface area (Å²) in [6, 6.07) is 8.30. The van der Waals surface area contributed by atoms with Gasteiger partial charge in [0.05, 0.1) is 26.4 Å². The van der Waals surface area contributed by atoms with E-state index in [0.717, 1.165) is 58.5 Å². The fraction of sp³-hybridized carbons (Fsp3) is 0.536. The second-order valence-corrected chi connectivity index (χ2v) is 9.78. The molecule has 1 saturated heterocycles. The minimum Gasteiger partial charge on any atom is -0.496 e. The van der Waals surface area contributed by atoms with Crippen molar-refractivity contribution in [3.8, 4) is 16.9 Å². The third kappa shape index (κ3) is 4.93. The number of aryl methyl sites for hydroxylation is 1. The third-order valence-corrected chi connectivity index (χ3v) is 7.45. The van der Waals surface area contributed by atoms with Crippen molar-refractivity contribution in [1.82, 2.24) is 0 Å². The van der Waals surface area contributed by atoms with E-state index < -0.39 is 11.5 Å². The molecule has 1 saturated carbocycles. The van der Waals surface area contributed by atoms with Crippen LogP contribution in [0.25, 0.3) is 11.1 Å². The third-order valence-electron chi connectivity index (χ3n) is 7.45. The van der Waals surface area contributed by atoms with Gasteiger partial charge in [-0.2, -0.15) is 0 Å². The molecular weight excluding hydrogens is 430 g/mol. The molecule has 1 atom stereocenters. The van der Waals surface area contributed by atoms with Crippen molar-refractivity contribution >= 4 is 11.7 Å². The number of ether oxygens (including phenoxy) is 3. The van der Waals surface area contributed by atoms with Crippen molar-refractivity contribution in [2.75, 3.05) is 25.6 Å². The molecule has 34 heavy (non-hydrogen) atoms. The standard InChI is InChI=1S/C28H37NO5/c1-18-14-25(20(3)26(32-4)19(18)2)24-11-10-22(15-21(24)16-34-23-8-5-6-9-23)29-28(27(30)31)12-7-13-33-17-28/h10-11,14-15,23,29H,5-9,12-13,16-17H2,1-4H3,(H,30,31). The number of aliphatic carboxylic acids is 1. The van der Waals surface area contributed by atoms with Crippen LogP contribution in [-0.2, 0) is 20.9 Å². The highest BCUT2D eigenvalue weighted by Crippen LogP contribution is 2.38. The maximum atomic E-state index is 12.2. The minimum absolute atomic E-state index is 0.158. The number of carboxylic acids is 1. The summed E-state index contributed by atoms with van der Waals surface area (Å²) in [5.74, 6) is 0.0267. The Bertz CT molecular complexity index is 1040. The maximum absolute atomic E-state index is 12.2. The Morgan fingerprint density at radius 3 is 2.53 bits per heavy atom. The highest BCUT2D eigenvalue weighted by atomic mass is 16.5. The van der Waals surface area contributed by atoms with Crippen LogP contribution in [0.15, 0.2) is 24.3 Å².